The molecule has 2 aromatic rings. The molecule has 0 saturated heterocycles. The van der Waals surface area contributed by atoms with E-state index in [1.807, 2.05) is 0 Å². The third kappa shape index (κ3) is 3.93. The Bertz CT molecular complexity index is 765. The molecule has 140 valence electrons. The van der Waals surface area contributed by atoms with Crippen molar-refractivity contribution in [3.05, 3.63) is 18.5 Å². The maximum atomic E-state index is 10.1. The van der Waals surface area contributed by atoms with E-state index in [-0.39, 0.29) is 0 Å². The van der Waals surface area contributed by atoms with Crippen molar-refractivity contribution in [3.8, 4) is 5.75 Å². The van der Waals surface area contributed by atoms with Gasteiger partial charge in [-0.3, -0.25) is 0 Å². The van der Waals surface area contributed by atoms with Crippen molar-refractivity contribution in [2.45, 2.75) is 58.4 Å². The molecule has 0 aromatic carbocycles. The molecule has 0 spiro atoms. The highest BCUT2D eigenvalue weighted by molar-refractivity contribution is 5.60. The lowest BCUT2D eigenvalue weighted by Gasteiger charge is -2.37. The molecule has 9 heteroatoms. The Morgan fingerprint density at radius 2 is 1.92 bits per heavy atom. The highest BCUT2D eigenvalue weighted by atomic mass is 16.5. The average molecular weight is 359 g/mol. The van der Waals surface area contributed by atoms with Crippen LogP contribution in [0, 0.1) is 0 Å². The van der Waals surface area contributed by atoms with Crippen LogP contribution < -0.4 is 20.7 Å². The van der Waals surface area contributed by atoms with E-state index in [1.165, 1.54) is 6.33 Å². The van der Waals surface area contributed by atoms with Crippen LogP contribution in [0.25, 0.3) is 0 Å². The Balaban J connectivity index is 1.75. The molecule has 1 aliphatic heterocycles. The number of rotatable bonds is 6. The van der Waals surface area contributed by atoms with Crippen LogP contribution >= 0.6 is 0 Å². The van der Waals surface area contributed by atoms with Gasteiger partial charge < -0.3 is 25.8 Å². The minimum absolute atomic E-state index is 0.318. The number of hydrogen-bond acceptors (Lipinski definition) is 9. The van der Waals surface area contributed by atoms with Crippen LogP contribution in [0.2, 0.25) is 0 Å². The molecule has 3 rings (SSSR count). The summed E-state index contributed by atoms with van der Waals surface area (Å²) in [6.45, 7) is 7.84. The largest absolute Gasteiger partial charge is 0.479 e. The van der Waals surface area contributed by atoms with Crippen molar-refractivity contribution >= 4 is 23.5 Å². The van der Waals surface area contributed by atoms with Crippen LogP contribution in [-0.4, -0.2) is 42.9 Å². The summed E-state index contributed by atoms with van der Waals surface area (Å²) in [4.78, 5) is 17.1. The minimum Gasteiger partial charge on any atom is -0.479 e. The quantitative estimate of drug-likeness (QED) is 0.617. The average Bonchev–Trinajstić information content (AvgIpc) is 2.61. The van der Waals surface area contributed by atoms with Gasteiger partial charge in [-0.15, -0.1) is 0 Å². The van der Waals surface area contributed by atoms with Crippen LogP contribution in [0.3, 0.4) is 0 Å². The Hall–Kier alpha value is -2.68. The summed E-state index contributed by atoms with van der Waals surface area (Å²) < 4.78 is 5.77. The number of aromatic nitrogens is 4. The van der Waals surface area contributed by atoms with Crippen LogP contribution in [-0.2, 0) is 0 Å². The van der Waals surface area contributed by atoms with Crippen molar-refractivity contribution in [1.29, 1.82) is 0 Å². The lowest BCUT2D eigenvalue weighted by atomic mass is 10.1. The molecule has 1 unspecified atom stereocenters. The number of hydrogen-bond donors (Lipinski definition) is 4. The van der Waals surface area contributed by atoms with Crippen LogP contribution in [0.1, 0.15) is 40.5 Å². The molecule has 0 fully saturated rings. The van der Waals surface area contributed by atoms with Crippen molar-refractivity contribution in [2.24, 2.45) is 0 Å². The topological polar surface area (TPSA) is 117 Å². The minimum atomic E-state index is -0.856. The Kier molecular flexibility index (Phi) is 5.08. The molecule has 0 radical (unpaired) electrons. The zero-order valence-electron chi connectivity index (χ0n) is 15.4. The van der Waals surface area contributed by atoms with Crippen molar-refractivity contribution < 1.29 is 9.84 Å². The van der Waals surface area contributed by atoms with E-state index in [9.17, 15) is 5.11 Å². The Morgan fingerprint density at radius 3 is 2.65 bits per heavy atom. The zero-order valence-corrected chi connectivity index (χ0v) is 15.4. The van der Waals surface area contributed by atoms with Gasteiger partial charge in [0.1, 0.15) is 17.7 Å². The lowest BCUT2D eigenvalue weighted by molar-refractivity contribution is -0.0216. The molecule has 4 N–H and O–H groups in total. The van der Waals surface area contributed by atoms with E-state index in [0.29, 0.717) is 35.3 Å². The van der Waals surface area contributed by atoms with Gasteiger partial charge in [-0.05, 0) is 38.8 Å². The Morgan fingerprint density at radius 1 is 1.19 bits per heavy atom. The lowest BCUT2D eigenvalue weighted by Crippen LogP contribution is -2.49. The molecule has 1 aliphatic rings. The van der Waals surface area contributed by atoms with E-state index in [2.05, 4.69) is 49.7 Å². The summed E-state index contributed by atoms with van der Waals surface area (Å²) in [7, 11) is 0. The molecule has 26 heavy (non-hydrogen) atoms. The molecule has 0 bridgehead atoms. The highest BCUT2D eigenvalue weighted by Gasteiger charge is 2.36. The standard InChI is InChI=1S/C17H25N7O2/c1-5-10(6-2)20-15-18-9-19-16(24-15)22-12-8-7-11-13(21-12)23-14(25)17(3,4)26-11/h7-10,14,25H,5-6H2,1-4H3,(H3,18,19,20,21,22,23,24). The first kappa shape index (κ1) is 18.1. The third-order valence-corrected chi connectivity index (χ3v) is 4.29. The van der Waals surface area contributed by atoms with Crippen molar-refractivity contribution in [1.82, 2.24) is 19.9 Å². The summed E-state index contributed by atoms with van der Waals surface area (Å²) >= 11 is 0. The summed E-state index contributed by atoms with van der Waals surface area (Å²) in [6.07, 6.45) is 2.57. The fourth-order valence-electron chi connectivity index (χ4n) is 2.56. The molecule has 3 heterocycles. The first-order valence-corrected chi connectivity index (χ1v) is 8.78. The van der Waals surface area contributed by atoms with Crippen LogP contribution in [0.15, 0.2) is 18.5 Å². The van der Waals surface area contributed by atoms with E-state index in [1.54, 1.807) is 26.0 Å². The van der Waals surface area contributed by atoms with Gasteiger partial charge in [-0.2, -0.15) is 4.98 Å². The fraction of sp³-hybridized carbons (Fsp3) is 0.529. The number of nitrogens with zero attached hydrogens (tertiary/aromatic N) is 4. The number of ether oxygens (including phenoxy) is 1. The second-order valence-corrected chi connectivity index (χ2v) is 6.71. The number of anilines is 4. The van der Waals surface area contributed by atoms with Gasteiger partial charge in [0.05, 0.1) is 0 Å². The van der Waals surface area contributed by atoms with Gasteiger partial charge in [-0.25, -0.2) is 15.0 Å². The molecule has 0 saturated carbocycles. The van der Waals surface area contributed by atoms with Gasteiger partial charge in [0, 0.05) is 6.04 Å². The number of nitrogens with one attached hydrogen (secondary N) is 3. The van der Waals surface area contributed by atoms with E-state index >= 15 is 0 Å². The van der Waals surface area contributed by atoms with E-state index in [0.717, 1.165) is 12.8 Å². The van der Waals surface area contributed by atoms with Gasteiger partial charge in [0.2, 0.25) is 11.9 Å². The van der Waals surface area contributed by atoms with E-state index in [4.69, 9.17) is 4.74 Å². The molecule has 9 nitrogen and oxygen atoms in total. The predicted octanol–water partition coefficient (Wildman–Crippen LogP) is 2.51. The third-order valence-electron chi connectivity index (χ3n) is 4.29. The van der Waals surface area contributed by atoms with Crippen molar-refractivity contribution in [3.63, 3.8) is 0 Å². The maximum Gasteiger partial charge on any atom is 0.233 e. The molecule has 1 atom stereocenters. The molecule has 0 aliphatic carbocycles. The van der Waals surface area contributed by atoms with Crippen molar-refractivity contribution in [2.75, 3.05) is 16.0 Å². The van der Waals surface area contributed by atoms with Crippen LogP contribution in [0.5, 0.6) is 5.75 Å². The normalized spacial score (nSPS) is 17.8. The van der Waals surface area contributed by atoms with Gasteiger partial charge in [0.15, 0.2) is 17.8 Å². The molecule has 2 aromatic heterocycles. The van der Waals surface area contributed by atoms with Gasteiger partial charge in [-0.1, -0.05) is 13.8 Å². The molecular formula is C17H25N7O2. The summed E-state index contributed by atoms with van der Waals surface area (Å²) in [5, 5.41) is 19.4. The predicted molar refractivity (Wildman–Crippen MR) is 99.7 cm³/mol. The second kappa shape index (κ2) is 7.28. The SMILES string of the molecule is CCC(CC)Nc1ncnc(Nc2ccc3c(n2)NC(O)C(C)(C)O3)n1. The number of pyridine rings is 1. The Labute approximate surface area is 152 Å². The fourth-order valence-corrected chi connectivity index (χ4v) is 2.56. The number of aliphatic hydroxyl groups excluding tert-OH is 1. The summed E-state index contributed by atoms with van der Waals surface area (Å²) in [5.41, 5.74) is -0.729. The van der Waals surface area contributed by atoms with Gasteiger partial charge in [0.25, 0.3) is 0 Å². The van der Waals surface area contributed by atoms with Crippen LogP contribution in [0.4, 0.5) is 23.5 Å². The number of fused-ring (bicyclic) bond motifs is 1. The van der Waals surface area contributed by atoms with E-state index < -0.39 is 11.8 Å². The summed E-state index contributed by atoms with van der Waals surface area (Å²) in [5.74, 6) is 2.49. The second-order valence-electron chi connectivity index (χ2n) is 6.71. The zero-order chi connectivity index (χ0) is 18.7. The maximum absolute atomic E-state index is 10.1. The monoisotopic (exact) mass is 359 g/mol. The first-order valence-electron chi connectivity index (χ1n) is 8.78. The highest BCUT2D eigenvalue weighted by Crippen LogP contribution is 2.34. The number of aliphatic hydroxyl groups is 1. The molecular weight excluding hydrogens is 334 g/mol. The van der Waals surface area contributed by atoms with Gasteiger partial charge >= 0.3 is 0 Å². The first-order chi connectivity index (χ1) is 12.4. The molecule has 0 amide bonds. The smallest absolute Gasteiger partial charge is 0.233 e. The summed E-state index contributed by atoms with van der Waals surface area (Å²) in [6, 6.07) is 3.88.